The number of likely N-dealkylation sites (tertiary alicyclic amines) is 1. The monoisotopic (exact) mass is 349 g/mol. The van der Waals surface area contributed by atoms with Crippen LogP contribution in [0, 0.1) is 5.92 Å². The van der Waals surface area contributed by atoms with Crippen molar-refractivity contribution in [3.05, 3.63) is 54.6 Å². The summed E-state index contributed by atoms with van der Waals surface area (Å²) in [7, 11) is 0. The minimum absolute atomic E-state index is 0.510. The second kappa shape index (κ2) is 8.41. The lowest BCUT2D eigenvalue weighted by Gasteiger charge is -2.34. The molecule has 0 saturated carbocycles. The second-order valence-corrected chi connectivity index (χ2v) is 7.39. The van der Waals surface area contributed by atoms with Crippen LogP contribution in [0.15, 0.2) is 48.9 Å². The first-order chi connectivity index (χ1) is 12.9. The van der Waals surface area contributed by atoms with E-state index in [0.29, 0.717) is 5.92 Å². The quantitative estimate of drug-likeness (QED) is 0.822. The van der Waals surface area contributed by atoms with E-state index >= 15 is 0 Å². The number of allylic oxidation sites excluding steroid dienone is 2. The third-order valence-corrected chi connectivity index (χ3v) is 5.47. The summed E-state index contributed by atoms with van der Waals surface area (Å²) in [6.45, 7) is 3.60. The van der Waals surface area contributed by atoms with Crippen LogP contribution < -0.4 is 5.32 Å². The number of hydrogen-bond donors (Lipinski definition) is 1. The zero-order valence-electron chi connectivity index (χ0n) is 15.2. The fraction of sp³-hybridized carbons (Fsp3) is 0.476. The first-order valence-electron chi connectivity index (χ1n) is 9.74. The highest BCUT2D eigenvalue weighted by Crippen LogP contribution is 2.29. The molecule has 136 valence electrons. The number of anilines is 2. The van der Waals surface area contributed by atoms with Crippen molar-refractivity contribution in [2.75, 3.05) is 25.0 Å². The average molecular weight is 349 g/mol. The molecule has 26 heavy (non-hydrogen) atoms. The maximum absolute atomic E-state index is 4.79. The number of hydrogen-bond acceptors (Lipinski definition) is 5. The van der Waals surface area contributed by atoms with Crippen molar-refractivity contribution >= 4 is 11.6 Å². The molecule has 1 saturated heterocycles. The molecule has 0 radical (unpaired) electrons. The summed E-state index contributed by atoms with van der Waals surface area (Å²) >= 11 is 0. The van der Waals surface area contributed by atoms with Crippen molar-refractivity contribution < 1.29 is 0 Å². The van der Waals surface area contributed by atoms with Crippen molar-refractivity contribution in [3.63, 3.8) is 0 Å². The average Bonchev–Trinajstić information content (AvgIpc) is 2.70. The zero-order chi connectivity index (χ0) is 17.6. The highest BCUT2D eigenvalue weighted by molar-refractivity contribution is 5.50. The molecule has 1 N–H and O–H groups in total. The Morgan fingerprint density at radius 3 is 2.73 bits per heavy atom. The molecule has 3 heterocycles. The third-order valence-electron chi connectivity index (χ3n) is 5.47. The van der Waals surface area contributed by atoms with Crippen LogP contribution >= 0.6 is 0 Å². The predicted octanol–water partition coefficient (Wildman–Crippen LogP) is 4.15. The SMILES string of the molecule is C1=CCC(CN2CCC(c3cncc(Nc4ccccn4)n3)CC2)CC1. The van der Waals surface area contributed by atoms with Crippen molar-refractivity contribution in [1.82, 2.24) is 19.9 Å². The zero-order valence-corrected chi connectivity index (χ0v) is 15.2. The van der Waals surface area contributed by atoms with Crippen LogP contribution in [0.3, 0.4) is 0 Å². The van der Waals surface area contributed by atoms with Gasteiger partial charge < -0.3 is 10.2 Å². The largest absolute Gasteiger partial charge is 0.324 e. The molecular weight excluding hydrogens is 322 g/mol. The molecule has 5 nitrogen and oxygen atoms in total. The van der Waals surface area contributed by atoms with Gasteiger partial charge in [0.1, 0.15) is 11.6 Å². The lowest BCUT2D eigenvalue weighted by molar-refractivity contribution is 0.176. The standard InChI is InChI=1S/C21H27N5/c1-2-6-17(7-3-1)16-26-12-9-18(10-13-26)19-14-22-15-21(24-19)25-20-8-4-5-11-23-20/h1-2,4-5,8,11,14-15,17-18H,3,6-7,9-10,12-13,16H2,(H,23,24,25). The number of nitrogens with zero attached hydrogens (tertiary/aromatic N) is 4. The maximum atomic E-state index is 4.79. The Balaban J connectivity index is 1.32. The van der Waals surface area contributed by atoms with E-state index in [2.05, 4.69) is 32.3 Å². The molecule has 0 spiro atoms. The molecule has 1 atom stereocenters. The molecule has 4 rings (SSSR count). The Kier molecular flexibility index (Phi) is 5.55. The van der Waals surface area contributed by atoms with Gasteiger partial charge in [-0.15, -0.1) is 0 Å². The first kappa shape index (κ1) is 17.2. The molecule has 1 aliphatic carbocycles. The van der Waals surface area contributed by atoms with Gasteiger partial charge in [-0.3, -0.25) is 4.98 Å². The third kappa shape index (κ3) is 4.47. The van der Waals surface area contributed by atoms with Gasteiger partial charge in [-0.2, -0.15) is 0 Å². The van der Waals surface area contributed by atoms with E-state index < -0.39 is 0 Å². The second-order valence-electron chi connectivity index (χ2n) is 7.39. The van der Waals surface area contributed by atoms with Crippen LogP contribution in [-0.2, 0) is 0 Å². The molecule has 1 aliphatic heterocycles. The van der Waals surface area contributed by atoms with Gasteiger partial charge in [0.15, 0.2) is 0 Å². The van der Waals surface area contributed by atoms with Crippen molar-refractivity contribution in [2.45, 2.75) is 38.0 Å². The Hall–Kier alpha value is -2.27. The van der Waals surface area contributed by atoms with Crippen LogP contribution in [0.2, 0.25) is 0 Å². The molecule has 2 aromatic rings. The number of piperidine rings is 1. The Morgan fingerprint density at radius 2 is 1.96 bits per heavy atom. The van der Waals surface area contributed by atoms with Gasteiger partial charge >= 0.3 is 0 Å². The van der Waals surface area contributed by atoms with Crippen LogP contribution in [0.25, 0.3) is 0 Å². The number of rotatable bonds is 5. The van der Waals surface area contributed by atoms with Gasteiger partial charge in [0.25, 0.3) is 0 Å². The number of nitrogens with one attached hydrogen (secondary N) is 1. The van der Waals surface area contributed by atoms with Gasteiger partial charge in [0.2, 0.25) is 0 Å². The van der Waals surface area contributed by atoms with E-state index in [-0.39, 0.29) is 0 Å². The summed E-state index contributed by atoms with van der Waals surface area (Å²) < 4.78 is 0. The van der Waals surface area contributed by atoms with Crippen LogP contribution in [0.4, 0.5) is 11.6 Å². The predicted molar refractivity (Wildman–Crippen MR) is 104 cm³/mol. The normalized spacial score (nSPS) is 21.6. The molecule has 5 heteroatoms. The number of pyridine rings is 1. The van der Waals surface area contributed by atoms with Crippen LogP contribution in [-0.4, -0.2) is 39.5 Å². The van der Waals surface area contributed by atoms with E-state index in [1.54, 1.807) is 12.4 Å². The number of aromatic nitrogens is 3. The van der Waals surface area contributed by atoms with Crippen molar-refractivity contribution in [3.8, 4) is 0 Å². The van der Waals surface area contributed by atoms with Gasteiger partial charge in [-0.1, -0.05) is 18.2 Å². The van der Waals surface area contributed by atoms with Crippen LogP contribution in [0.1, 0.15) is 43.7 Å². The lowest BCUT2D eigenvalue weighted by atomic mass is 9.90. The Labute approximate surface area is 155 Å². The molecule has 0 bridgehead atoms. The molecular formula is C21H27N5. The summed E-state index contributed by atoms with van der Waals surface area (Å²) in [5.41, 5.74) is 1.10. The topological polar surface area (TPSA) is 53.9 Å². The molecule has 1 unspecified atom stereocenters. The Morgan fingerprint density at radius 1 is 1.04 bits per heavy atom. The highest BCUT2D eigenvalue weighted by atomic mass is 15.1. The van der Waals surface area contributed by atoms with Gasteiger partial charge in [0, 0.05) is 24.9 Å². The molecule has 0 amide bonds. The minimum atomic E-state index is 0.510. The van der Waals surface area contributed by atoms with E-state index in [4.69, 9.17) is 4.98 Å². The smallest absolute Gasteiger partial charge is 0.150 e. The van der Waals surface area contributed by atoms with Crippen molar-refractivity contribution in [2.24, 2.45) is 5.92 Å². The van der Waals surface area contributed by atoms with Gasteiger partial charge in [-0.05, 0) is 63.2 Å². The van der Waals surface area contributed by atoms with E-state index in [1.807, 2.05) is 24.4 Å². The summed E-state index contributed by atoms with van der Waals surface area (Å²) in [4.78, 5) is 16.1. The minimum Gasteiger partial charge on any atom is -0.324 e. The fourth-order valence-electron chi connectivity index (χ4n) is 4.00. The van der Waals surface area contributed by atoms with Crippen LogP contribution in [0.5, 0.6) is 0 Å². The van der Waals surface area contributed by atoms with E-state index in [9.17, 15) is 0 Å². The lowest BCUT2D eigenvalue weighted by Crippen LogP contribution is -2.37. The van der Waals surface area contributed by atoms with Crippen molar-refractivity contribution in [1.29, 1.82) is 0 Å². The highest BCUT2D eigenvalue weighted by Gasteiger charge is 2.24. The maximum Gasteiger partial charge on any atom is 0.150 e. The van der Waals surface area contributed by atoms with Gasteiger partial charge in [0.05, 0.1) is 11.9 Å². The van der Waals surface area contributed by atoms with Gasteiger partial charge in [-0.25, -0.2) is 9.97 Å². The first-order valence-corrected chi connectivity index (χ1v) is 9.74. The van der Waals surface area contributed by atoms with E-state index in [0.717, 1.165) is 23.2 Å². The molecule has 1 fully saturated rings. The molecule has 2 aromatic heterocycles. The summed E-state index contributed by atoms with van der Waals surface area (Å²) in [6, 6.07) is 5.81. The molecule has 2 aliphatic rings. The summed E-state index contributed by atoms with van der Waals surface area (Å²) in [6.07, 6.45) is 16.4. The molecule has 0 aromatic carbocycles. The van der Waals surface area contributed by atoms with E-state index in [1.165, 1.54) is 51.7 Å². The summed E-state index contributed by atoms with van der Waals surface area (Å²) in [5.74, 6) is 2.94. The Bertz CT molecular complexity index is 722. The summed E-state index contributed by atoms with van der Waals surface area (Å²) in [5, 5.41) is 3.24. The fourth-order valence-corrected chi connectivity index (χ4v) is 4.00.